The molecular formula is C15H21NO4. The van der Waals surface area contributed by atoms with E-state index in [4.69, 9.17) is 9.84 Å². The zero-order chi connectivity index (χ0) is 14.8. The first kappa shape index (κ1) is 16.0. The molecule has 0 saturated heterocycles. The molecule has 0 aliphatic heterocycles. The van der Waals surface area contributed by atoms with E-state index in [1.165, 1.54) is 0 Å². The van der Waals surface area contributed by atoms with Crippen molar-refractivity contribution in [1.82, 2.24) is 5.32 Å². The molecule has 2 N–H and O–H groups in total. The number of aliphatic carboxylic acids is 1. The Hall–Kier alpha value is -2.04. The van der Waals surface area contributed by atoms with Gasteiger partial charge in [0.2, 0.25) is 5.91 Å². The molecule has 110 valence electrons. The summed E-state index contributed by atoms with van der Waals surface area (Å²) in [6.45, 7) is 2.84. The Balaban J connectivity index is 2.07. The third-order valence-corrected chi connectivity index (χ3v) is 2.82. The molecular weight excluding hydrogens is 258 g/mol. The van der Waals surface area contributed by atoms with E-state index < -0.39 is 5.97 Å². The highest BCUT2D eigenvalue weighted by molar-refractivity contribution is 5.75. The van der Waals surface area contributed by atoms with Crippen LogP contribution in [0.1, 0.15) is 31.2 Å². The molecule has 0 spiro atoms. The number of amides is 1. The smallest absolute Gasteiger partial charge is 0.303 e. The fourth-order valence-corrected chi connectivity index (χ4v) is 1.72. The fourth-order valence-electron chi connectivity index (χ4n) is 1.72. The predicted molar refractivity (Wildman–Crippen MR) is 75.8 cm³/mol. The lowest BCUT2D eigenvalue weighted by atomic mass is 10.2. The zero-order valence-electron chi connectivity index (χ0n) is 11.7. The molecule has 0 bridgehead atoms. The second-order valence-electron chi connectivity index (χ2n) is 4.56. The first-order chi connectivity index (χ1) is 9.59. The molecule has 1 aromatic carbocycles. The molecule has 0 aliphatic carbocycles. The van der Waals surface area contributed by atoms with Crippen LogP contribution in [-0.4, -0.2) is 30.1 Å². The van der Waals surface area contributed by atoms with Gasteiger partial charge in [0.25, 0.3) is 0 Å². The Bertz CT molecular complexity index is 445. The van der Waals surface area contributed by atoms with Crippen LogP contribution in [0.4, 0.5) is 0 Å². The maximum absolute atomic E-state index is 11.5. The van der Waals surface area contributed by atoms with Crippen molar-refractivity contribution >= 4 is 11.9 Å². The lowest BCUT2D eigenvalue weighted by Gasteiger charge is -2.09. The molecule has 1 aromatic rings. The van der Waals surface area contributed by atoms with Gasteiger partial charge in [-0.1, -0.05) is 18.2 Å². The Morgan fingerprint density at radius 3 is 2.60 bits per heavy atom. The van der Waals surface area contributed by atoms with Crippen LogP contribution in [0.15, 0.2) is 24.3 Å². The van der Waals surface area contributed by atoms with Gasteiger partial charge in [0.1, 0.15) is 12.4 Å². The number of hydrogen-bond acceptors (Lipinski definition) is 3. The number of carbonyl (C=O) groups is 2. The van der Waals surface area contributed by atoms with Crippen LogP contribution in [0, 0.1) is 6.92 Å². The number of aryl methyl sites for hydroxylation is 1. The monoisotopic (exact) mass is 279 g/mol. The topological polar surface area (TPSA) is 75.6 Å². The van der Waals surface area contributed by atoms with Gasteiger partial charge in [-0.2, -0.15) is 0 Å². The van der Waals surface area contributed by atoms with E-state index in [9.17, 15) is 9.59 Å². The molecule has 1 amide bonds. The van der Waals surface area contributed by atoms with Crippen molar-refractivity contribution in [2.75, 3.05) is 13.2 Å². The number of unbranched alkanes of at least 4 members (excludes halogenated alkanes) is 1. The zero-order valence-corrected chi connectivity index (χ0v) is 11.7. The SMILES string of the molecule is Cc1ccccc1OCCNC(=O)CCCCC(=O)O. The molecule has 0 aliphatic rings. The molecule has 0 aromatic heterocycles. The number of hydrogen-bond donors (Lipinski definition) is 2. The Morgan fingerprint density at radius 1 is 1.20 bits per heavy atom. The average Bonchev–Trinajstić information content (AvgIpc) is 2.41. The van der Waals surface area contributed by atoms with Gasteiger partial charge >= 0.3 is 5.97 Å². The van der Waals surface area contributed by atoms with Gasteiger partial charge in [-0.05, 0) is 31.4 Å². The van der Waals surface area contributed by atoms with Gasteiger partial charge in [0.05, 0.1) is 6.54 Å². The summed E-state index contributed by atoms with van der Waals surface area (Å²) in [5.74, 6) is -0.0657. The van der Waals surface area contributed by atoms with Crippen LogP contribution in [0.5, 0.6) is 5.75 Å². The summed E-state index contributed by atoms with van der Waals surface area (Å²) in [5, 5.41) is 11.2. The van der Waals surface area contributed by atoms with Gasteiger partial charge in [-0.25, -0.2) is 0 Å². The summed E-state index contributed by atoms with van der Waals surface area (Å²) in [6.07, 6.45) is 1.60. The minimum atomic E-state index is -0.822. The number of nitrogens with one attached hydrogen (secondary N) is 1. The number of ether oxygens (including phenoxy) is 1. The van der Waals surface area contributed by atoms with Crippen LogP contribution in [-0.2, 0) is 9.59 Å². The molecule has 0 saturated carbocycles. The molecule has 20 heavy (non-hydrogen) atoms. The first-order valence-electron chi connectivity index (χ1n) is 6.76. The number of carboxylic acid groups (broad SMARTS) is 1. The fraction of sp³-hybridized carbons (Fsp3) is 0.467. The van der Waals surface area contributed by atoms with Crippen LogP contribution in [0.3, 0.4) is 0 Å². The van der Waals surface area contributed by atoms with Crippen molar-refractivity contribution in [2.45, 2.75) is 32.6 Å². The van der Waals surface area contributed by atoms with Crippen LogP contribution in [0.25, 0.3) is 0 Å². The highest BCUT2D eigenvalue weighted by Crippen LogP contribution is 2.15. The van der Waals surface area contributed by atoms with E-state index in [-0.39, 0.29) is 12.3 Å². The molecule has 1 rings (SSSR count). The summed E-state index contributed by atoms with van der Waals surface area (Å²) < 4.78 is 5.55. The minimum Gasteiger partial charge on any atom is -0.491 e. The summed E-state index contributed by atoms with van der Waals surface area (Å²) in [5.41, 5.74) is 1.06. The van der Waals surface area contributed by atoms with Crippen molar-refractivity contribution in [3.63, 3.8) is 0 Å². The van der Waals surface area contributed by atoms with Gasteiger partial charge in [0.15, 0.2) is 0 Å². The van der Waals surface area contributed by atoms with E-state index in [0.29, 0.717) is 32.4 Å². The van der Waals surface area contributed by atoms with Gasteiger partial charge in [-0.3, -0.25) is 9.59 Å². The van der Waals surface area contributed by atoms with Crippen molar-refractivity contribution in [2.24, 2.45) is 0 Å². The minimum absolute atomic E-state index is 0.0660. The van der Waals surface area contributed by atoms with E-state index in [0.717, 1.165) is 11.3 Å². The van der Waals surface area contributed by atoms with Crippen molar-refractivity contribution in [1.29, 1.82) is 0 Å². The lowest BCUT2D eigenvalue weighted by molar-refractivity contribution is -0.137. The first-order valence-corrected chi connectivity index (χ1v) is 6.76. The lowest BCUT2D eigenvalue weighted by Crippen LogP contribution is -2.27. The second-order valence-corrected chi connectivity index (χ2v) is 4.56. The standard InChI is InChI=1S/C15H21NO4/c1-12-6-2-3-7-13(12)20-11-10-16-14(17)8-4-5-9-15(18)19/h2-3,6-7H,4-5,8-11H2,1H3,(H,16,17)(H,18,19). The second kappa shape index (κ2) is 8.96. The largest absolute Gasteiger partial charge is 0.491 e. The number of carboxylic acids is 1. The third-order valence-electron chi connectivity index (χ3n) is 2.82. The number of para-hydroxylation sites is 1. The quantitative estimate of drug-likeness (QED) is 0.679. The number of carbonyl (C=O) groups excluding carboxylic acids is 1. The molecule has 0 heterocycles. The highest BCUT2D eigenvalue weighted by Gasteiger charge is 2.03. The Morgan fingerprint density at radius 2 is 1.90 bits per heavy atom. The van der Waals surface area contributed by atoms with Crippen LogP contribution >= 0.6 is 0 Å². The molecule has 0 radical (unpaired) electrons. The van der Waals surface area contributed by atoms with Gasteiger partial charge < -0.3 is 15.2 Å². The van der Waals surface area contributed by atoms with Crippen molar-refractivity contribution < 1.29 is 19.4 Å². The molecule has 5 heteroatoms. The third kappa shape index (κ3) is 6.78. The number of rotatable bonds is 9. The highest BCUT2D eigenvalue weighted by atomic mass is 16.5. The molecule has 0 unspecified atom stereocenters. The molecule has 0 atom stereocenters. The van der Waals surface area contributed by atoms with Gasteiger partial charge in [0, 0.05) is 12.8 Å². The molecule has 0 fully saturated rings. The number of benzene rings is 1. The maximum atomic E-state index is 11.5. The van der Waals surface area contributed by atoms with E-state index >= 15 is 0 Å². The molecule has 5 nitrogen and oxygen atoms in total. The predicted octanol–water partition coefficient (Wildman–Crippen LogP) is 2.14. The maximum Gasteiger partial charge on any atom is 0.303 e. The van der Waals surface area contributed by atoms with Crippen LogP contribution < -0.4 is 10.1 Å². The average molecular weight is 279 g/mol. The Kier molecular flexibility index (Phi) is 7.17. The van der Waals surface area contributed by atoms with Gasteiger partial charge in [-0.15, -0.1) is 0 Å². The van der Waals surface area contributed by atoms with E-state index in [1.54, 1.807) is 0 Å². The van der Waals surface area contributed by atoms with Crippen molar-refractivity contribution in [3.8, 4) is 5.75 Å². The summed E-state index contributed by atoms with van der Waals surface area (Å²) >= 11 is 0. The van der Waals surface area contributed by atoms with E-state index in [2.05, 4.69) is 5.32 Å². The summed E-state index contributed by atoms with van der Waals surface area (Å²) in [4.78, 5) is 21.8. The summed E-state index contributed by atoms with van der Waals surface area (Å²) in [6, 6.07) is 7.71. The van der Waals surface area contributed by atoms with Crippen molar-refractivity contribution in [3.05, 3.63) is 29.8 Å². The van der Waals surface area contributed by atoms with E-state index in [1.807, 2.05) is 31.2 Å². The van der Waals surface area contributed by atoms with Crippen LogP contribution in [0.2, 0.25) is 0 Å². The normalized spacial score (nSPS) is 10.1. The Labute approximate surface area is 118 Å². The summed E-state index contributed by atoms with van der Waals surface area (Å²) in [7, 11) is 0.